The Hall–Kier alpha value is -2.61. The highest BCUT2D eigenvalue weighted by Gasteiger charge is 2.27. The molecule has 0 spiro atoms. The number of ketones is 2. The molecule has 1 rings (SSSR count). The number of hydrogen-bond donors (Lipinski definition) is 3. The van der Waals surface area contributed by atoms with Crippen LogP contribution < -0.4 is 11.1 Å². The summed E-state index contributed by atoms with van der Waals surface area (Å²) in [5, 5.41) is 11.3. The quantitative estimate of drug-likeness (QED) is 0.151. The van der Waals surface area contributed by atoms with E-state index in [9.17, 15) is 24.0 Å². The van der Waals surface area contributed by atoms with Crippen LogP contribution in [0, 0.1) is 11.8 Å². The smallest absolute Gasteiger partial charge is 0.408 e. The Morgan fingerprint density at radius 3 is 1.81 bits per heavy atom. The Morgan fingerprint density at radius 2 is 1.38 bits per heavy atom. The van der Waals surface area contributed by atoms with Gasteiger partial charge in [-0.25, -0.2) is 4.79 Å². The number of carbonyl (C=O) groups excluding carboxylic acids is 5. The highest BCUT2D eigenvalue weighted by molar-refractivity contribution is 7.98. The first-order valence-corrected chi connectivity index (χ1v) is 16.4. The van der Waals surface area contributed by atoms with Gasteiger partial charge in [0.25, 0.3) is 0 Å². The summed E-state index contributed by atoms with van der Waals surface area (Å²) in [4.78, 5) is 59.1. The Morgan fingerprint density at radius 1 is 0.881 bits per heavy atom. The fourth-order valence-electron chi connectivity index (χ4n) is 3.66. The average molecular weight is 631 g/mol. The zero-order valence-corrected chi connectivity index (χ0v) is 26.8. The molecule has 1 amide bonds. The maximum Gasteiger partial charge on any atom is 0.408 e. The normalized spacial score (nSPS) is 13.3. The van der Waals surface area contributed by atoms with Crippen molar-refractivity contribution in [3.8, 4) is 0 Å². The molecule has 0 heterocycles. The Bertz CT molecular complexity index is 950. The molecule has 0 saturated heterocycles. The van der Waals surface area contributed by atoms with Gasteiger partial charge < -0.3 is 30.4 Å². The van der Waals surface area contributed by atoms with E-state index < -0.39 is 48.6 Å². The fourth-order valence-corrected chi connectivity index (χ4v) is 4.70. The largest absolute Gasteiger partial charge is 0.469 e. The Balaban J connectivity index is 0.000000903. The van der Waals surface area contributed by atoms with Crippen LogP contribution >= 0.6 is 23.5 Å². The molecule has 0 fully saturated rings. The number of aliphatic hydroxyl groups excluding tert-OH is 1. The summed E-state index contributed by atoms with van der Waals surface area (Å²) in [5.74, 6) is -0.697. The minimum Gasteiger partial charge on any atom is -0.469 e. The van der Waals surface area contributed by atoms with Gasteiger partial charge in [0.05, 0.1) is 44.7 Å². The lowest BCUT2D eigenvalue weighted by Crippen LogP contribution is -2.41. The van der Waals surface area contributed by atoms with Crippen LogP contribution in [0.15, 0.2) is 30.3 Å². The number of carbonyl (C=O) groups is 5. The lowest BCUT2D eigenvalue weighted by atomic mass is 9.95. The molecule has 0 aliphatic heterocycles. The van der Waals surface area contributed by atoms with Gasteiger partial charge in [-0.15, -0.1) is 0 Å². The second-order valence-electron chi connectivity index (χ2n) is 9.30. The number of Topliss-reactive ketones (excluding diaryl/α,β-unsaturated/α-hetero) is 2. The summed E-state index contributed by atoms with van der Waals surface area (Å²) in [6.45, 7) is 1.54. The number of esters is 2. The monoisotopic (exact) mass is 630 g/mol. The number of aliphatic hydroxyl groups is 1. The van der Waals surface area contributed by atoms with Crippen molar-refractivity contribution in [2.75, 3.05) is 44.8 Å². The van der Waals surface area contributed by atoms with E-state index in [0.717, 1.165) is 17.1 Å². The standard InChI is InChI=1S/C19H27NO5S.C10H19NO4S/c1-4-16(17(21)12-15(10-11-26-3)18(22)24-2)20-19(23)25-13-14-8-6-5-7-9-14;1-15-10(14)7(3-4-16-2)5-9(13)8(11)6-12/h5-9,15-16H,4,10-13H2,1-3H3,(H,20,23);7-8,12H,3-6,11H2,1-2H3/t15-,16+;7-,8+/m11/s1. The van der Waals surface area contributed by atoms with Crippen LogP contribution in [0.2, 0.25) is 0 Å². The molecular weight excluding hydrogens is 584 g/mol. The van der Waals surface area contributed by atoms with Crippen molar-refractivity contribution in [1.29, 1.82) is 0 Å². The first-order valence-electron chi connectivity index (χ1n) is 13.6. The maximum atomic E-state index is 12.5. The van der Waals surface area contributed by atoms with Gasteiger partial charge in [0.15, 0.2) is 11.6 Å². The van der Waals surface area contributed by atoms with Crippen LogP contribution in [0.3, 0.4) is 0 Å². The number of nitrogens with one attached hydrogen (secondary N) is 1. The van der Waals surface area contributed by atoms with Gasteiger partial charge in [0, 0.05) is 12.8 Å². The lowest BCUT2D eigenvalue weighted by Gasteiger charge is -2.19. The molecule has 238 valence electrons. The number of alkyl carbamates (subject to hydrolysis) is 1. The third-order valence-electron chi connectivity index (χ3n) is 6.22. The zero-order chi connectivity index (χ0) is 31.9. The van der Waals surface area contributed by atoms with E-state index in [1.165, 1.54) is 14.2 Å². The first kappa shape index (κ1) is 39.4. The van der Waals surface area contributed by atoms with Gasteiger partial charge in [-0.1, -0.05) is 37.3 Å². The molecule has 4 N–H and O–H groups in total. The molecule has 42 heavy (non-hydrogen) atoms. The van der Waals surface area contributed by atoms with Crippen LogP contribution in [0.1, 0.15) is 44.6 Å². The van der Waals surface area contributed by atoms with E-state index >= 15 is 0 Å². The molecule has 11 nitrogen and oxygen atoms in total. The number of methoxy groups -OCH3 is 2. The van der Waals surface area contributed by atoms with Crippen LogP contribution in [-0.4, -0.2) is 91.6 Å². The summed E-state index contributed by atoms with van der Waals surface area (Å²) in [7, 11) is 2.61. The van der Waals surface area contributed by atoms with Gasteiger partial charge in [0.2, 0.25) is 0 Å². The average Bonchev–Trinajstić information content (AvgIpc) is 3.01. The molecule has 13 heteroatoms. The van der Waals surface area contributed by atoms with E-state index in [2.05, 4.69) is 10.1 Å². The minimum absolute atomic E-state index is 0.0367. The van der Waals surface area contributed by atoms with Crippen LogP contribution in [0.5, 0.6) is 0 Å². The van der Waals surface area contributed by atoms with Crippen molar-refractivity contribution in [2.24, 2.45) is 17.6 Å². The van der Waals surface area contributed by atoms with Crippen molar-refractivity contribution in [3.05, 3.63) is 35.9 Å². The first-order chi connectivity index (χ1) is 20.1. The number of nitrogens with two attached hydrogens (primary N) is 1. The lowest BCUT2D eigenvalue weighted by molar-refractivity contribution is -0.147. The van der Waals surface area contributed by atoms with E-state index in [1.807, 2.05) is 42.8 Å². The third kappa shape index (κ3) is 16.7. The number of benzene rings is 1. The molecule has 1 aromatic carbocycles. The van der Waals surface area contributed by atoms with Crippen LogP contribution in [-0.2, 0) is 40.0 Å². The molecule has 0 bridgehead atoms. The summed E-state index contributed by atoms with van der Waals surface area (Å²) in [6, 6.07) is 7.71. The number of amides is 1. The van der Waals surface area contributed by atoms with Gasteiger partial charge in [-0.2, -0.15) is 23.5 Å². The van der Waals surface area contributed by atoms with Gasteiger partial charge in [0.1, 0.15) is 6.61 Å². The molecule has 0 radical (unpaired) electrons. The highest BCUT2D eigenvalue weighted by atomic mass is 32.2. The molecule has 1 aromatic rings. The van der Waals surface area contributed by atoms with Crippen molar-refractivity contribution in [2.45, 2.75) is 57.7 Å². The molecule has 0 unspecified atom stereocenters. The second-order valence-corrected chi connectivity index (χ2v) is 11.3. The number of thioether (sulfide) groups is 2. The van der Waals surface area contributed by atoms with Gasteiger partial charge in [-0.3, -0.25) is 19.2 Å². The van der Waals surface area contributed by atoms with Crippen molar-refractivity contribution >= 4 is 53.1 Å². The predicted octanol–water partition coefficient (Wildman–Crippen LogP) is 3.00. The second kappa shape index (κ2) is 23.9. The predicted molar refractivity (Wildman–Crippen MR) is 165 cm³/mol. The summed E-state index contributed by atoms with van der Waals surface area (Å²) < 4.78 is 14.6. The molecule has 0 saturated carbocycles. The third-order valence-corrected chi connectivity index (χ3v) is 7.50. The number of rotatable bonds is 19. The topological polar surface area (TPSA) is 171 Å². The summed E-state index contributed by atoms with van der Waals surface area (Å²) >= 11 is 3.20. The van der Waals surface area contributed by atoms with Crippen LogP contribution in [0.25, 0.3) is 0 Å². The summed E-state index contributed by atoms with van der Waals surface area (Å²) in [5.41, 5.74) is 6.24. The van der Waals surface area contributed by atoms with Gasteiger partial charge >= 0.3 is 18.0 Å². The highest BCUT2D eigenvalue weighted by Crippen LogP contribution is 2.17. The van der Waals surface area contributed by atoms with Gasteiger partial charge in [-0.05, 0) is 48.8 Å². The summed E-state index contributed by atoms with van der Waals surface area (Å²) in [6.07, 6.45) is 4.87. The molecule has 0 aliphatic carbocycles. The van der Waals surface area contributed by atoms with E-state index in [0.29, 0.717) is 19.3 Å². The molecule has 4 atom stereocenters. The molecule has 0 aliphatic rings. The van der Waals surface area contributed by atoms with E-state index in [-0.39, 0.29) is 31.0 Å². The van der Waals surface area contributed by atoms with Crippen molar-refractivity contribution in [1.82, 2.24) is 5.32 Å². The van der Waals surface area contributed by atoms with E-state index in [4.69, 9.17) is 20.3 Å². The number of hydrogen-bond acceptors (Lipinski definition) is 12. The van der Waals surface area contributed by atoms with Crippen molar-refractivity contribution < 1.29 is 43.3 Å². The number of ether oxygens (including phenoxy) is 3. The van der Waals surface area contributed by atoms with Crippen LogP contribution in [0.4, 0.5) is 4.79 Å². The minimum atomic E-state index is -0.901. The molecule has 0 aromatic heterocycles. The Kier molecular flexibility index (Phi) is 22.4. The maximum absolute atomic E-state index is 12.5. The van der Waals surface area contributed by atoms with E-state index in [1.54, 1.807) is 30.4 Å². The molecular formula is C29H46N2O9S2. The fraction of sp³-hybridized carbons (Fsp3) is 0.621. The zero-order valence-electron chi connectivity index (χ0n) is 25.2. The SMILES string of the molecule is CC[C@H](NC(=O)OCc1ccccc1)C(=O)C[C@@H](CCSC)C(=O)OC.COC(=O)[C@H](CCSC)CC(=O)[C@@H](N)CO. The van der Waals surface area contributed by atoms with Crippen molar-refractivity contribution in [3.63, 3.8) is 0 Å². The Labute approximate surface area is 257 Å².